The van der Waals surface area contributed by atoms with Crippen molar-refractivity contribution in [1.29, 1.82) is 0 Å². The smallest absolute Gasteiger partial charge is 0.338 e. The Balaban J connectivity index is 3.06. The number of hydrogen-bond donors (Lipinski definition) is 2. The molecule has 1 rings (SSSR count). The van der Waals surface area contributed by atoms with Crippen molar-refractivity contribution in [3.8, 4) is 0 Å². The van der Waals surface area contributed by atoms with Crippen LogP contribution in [-0.4, -0.2) is 43.8 Å². The summed E-state index contributed by atoms with van der Waals surface area (Å²) in [6.07, 6.45) is -2.58. The number of nitrogen functional groups attached to an aromatic ring is 1. The number of nitrogens with two attached hydrogens (primary N) is 1. The highest BCUT2D eigenvalue weighted by Crippen LogP contribution is 2.25. The fourth-order valence-corrected chi connectivity index (χ4v) is 1.76. The Labute approximate surface area is 115 Å². The van der Waals surface area contributed by atoms with Gasteiger partial charge in [-0.05, 0) is 25.1 Å². The van der Waals surface area contributed by atoms with E-state index in [1.54, 1.807) is 6.92 Å². The Morgan fingerprint density at radius 3 is 2.75 bits per heavy atom. The van der Waals surface area contributed by atoms with Gasteiger partial charge in [0.05, 0.1) is 36.7 Å². The summed E-state index contributed by atoms with van der Waals surface area (Å²) < 4.78 is 29.9. The molecular weight excluding hydrogens is 270 g/mol. The van der Waals surface area contributed by atoms with E-state index in [9.17, 15) is 13.6 Å². The zero-order valence-corrected chi connectivity index (χ0v) is 11.2. The SMILES string of the molecule is CCOC(=O)c1ccc(N)c(N(CCO)CC(F)F)c1. The Morgan fingerprint density at radius 2 is 2.20 bits per heavy atom. The number of aliphatic hydroxyl groups excluding tert-OH is 1. The molecule has 3 N–H and O–H groups in total. The first-order valence-electron chi connectivity index (χ1n) is 6.20. The minimum absolute atomic E-state index is 0.000812. The molecule has 0 unspecified atom stereocenters. The van der Waals surface area contributed by atoms with Gasteiger partial charge in [0, 0.05) is 6.54 Å². The van der Waals surface area contributed by atoms with Gasteiger partial charge in [0.1, 0.15) is 0 Å². The number of nitrogens with zero attached hydrogens (tertiary/aromatic N) is 1. The molecular formula is C13H18F2N2O3. The number of ether oxygens (including phenoxy) is 1. The Bertz CT molecular complexity index is 455. The van der Waals surface area contributed by atoms with Crippen LogP contribution in [-0.2, 0) is 4.74 Å². The molecule has 0 saturated heterocycles. The summed E-state index contributed by atoms with van der Waals surface area (Å²) in [7, 11) is 0. The number of hydrogen-bond acceptors (Lipinski definition) is 5. The van der Waals surface area contributed by atoms with Gasteiger partial charge in [0.25, 0.3) is 6.43 Å². The molecule has 7 heteroatoms. The molecule has 20 heavy (non-hydrogen) atoms. The third kappa shape index (κ3) is 4.34. The maximum Gasteiger partial charge on any atom is 0.338 e. The second-order valence-corrected chi connectivity index (χ2v) is 4.05. The van der Waals surface area contributed by atoms with E-state index >= 15 is 0 Å². The minimum atomic E-state index is -2.58. The van der Waals surface area contributed by atoms with E-state index in [0.717, 1.165) is 0 Å². The number of benzene rings is 1. The van der Waals surface area contributed by atoms with Crippen molar-refractivity contribution in [3.63, 3.8) is 0 Å². The topological polar surface area (TPSA) is 75.8 Å². The lowest BCUT2D eigenvalue weighted by Gasteiger charge is -2.25. The first-order valence-corrected chi connectivity index (χ1v) is 6.20. The lowest BCUT2D eigenvalue weighted by atomic mass is 10.1. The average Bonchev–Trinajstić information content (AvgIpc) is 2.38. The van der Waals surface area contributed by atoms with Crippen molar-refractivity contribution in [1.82, 2.24) is 0 Å². The number of carbonyl (C=O) groups excluding carboxylic acids is 1. The Kier molecular flexibility index (Phi) is 6.17. The van der Waals surface area contributed by atoms with Crippen molar-refractivity contribution in [2.45, 2.75) is 13.3 Å². The summed E-state index contributed by atoms with van der Waals surface area (Å²) >= 11 is 0. The molecule has 0 saturated carbocycles. The van der Waals surface area contributed by atoms with Crippen molar-refractivity contribution in [2.24, 2.45) is 0 Å². The molecule has 112 valence electrons. The zero-order valence-electron chi connectivity index (χ0n) is 11.2. The first kappa shape index (κ1) is 16.2. The molecule has 0 heterocycles. The molecule has 0 atom stereocenters. The fourth-order valence-electron chi connectivity index (χ4n) is 1.76. The summed E-state index contributed by atoms with van der Waals surface area (Å²) in [5.74, 6) is -0.547. The van der Waals surface area contributed by atoms with E-state index in [1.165, 1.54) is 23.1 Å². The van der Waals surface area contributed by atoms with Gasteiger partial charge < -0.3 is 20.5 Å². The van der Waals surface area contributed by atoms with Gasteiger partial charge in [-0.15, -0.1) is 0 Å². The maximum atomic E-state index is 12.5. The molecule has 1 aromatic rings. The van der Waals surface area contributed by atoms with E-state index in [0.29, 0.717) is 0 Å². The van der Waals surface area contributed by atoms with Crippen LogP contribution in [0.15, 0.2) is 18.2 Å². The second-order valence-electron chi connectivity index (χ2n) is 4.05. The van der Waals surface area contributed by atoms with Gasteiger partial charge in [0.15, 0.2) is 0 Å². The Hall–Kier alpha value is -1.89. The van der Waals surface area contributed by atoms with Crippen molar-refractivity contribution in [3.05, 3.63) is 23.8 Å². The summed E-state index contributed by atoms with van der Waals surface area (Å²) in [4.78, 5) is 12.9. The number of carbonyl (C=O) groups is 1. The second kappa shape index (κ2) is 7.64. The van der Waals surface area contributed by atoms with Gasteiger partial charge in [-0.1, -0.05) is 0 Å². The molecule has 0 aliphatic carbocycles. The van der Waals surface area contributed by atoms with Crippen LogP contribution in [0.3, 0.4) is 0 Å². The van der Waals surface area contributed by atoms with E-state index in [1.807, 2.05) is 0 Å². The summed E-state index contributed by atoms with van der Waals surface area (Å²) in [6.45, 7) is 1.02. The number of halogens is 2. The minimum Gasteiger partial charge on any atom is -0.462 e. The van der Waals surface area contributed by atoms with Crippen molar-refractivity contribution in [2.75, 3.05) is 36.9 Å². The molecule has 0 aliphatic rings. The third-order valence-corrected chi connectivity index (χ3v) is 2.61. The molecule has 0 bridgehead atoms. The normalized spacial score (nSPS) is 10.7. The highest BCUT2D eigenvalue weighted by atomic mass is 19.3. The van der Waals surface area contributed by atoms with E-state index in [-0.39, 0.29) is 36.7 Å². The van der Waals surface area contributed by atoms with E-state index < -0.39 is 18.9 Å². The molecule has 0 aliphatic heterocycles. The Morgan fingerprint density at radius 1 is 1.50 bits per heavy atom. The highest BCUT2D eigenvalue weighted by Gasteiger charge is 2.17. The molecule has 1 aromatic carbocycles. The van der Waals surface area contributed by atoms with Crippen molar-refractivity contribution < 1.29 is 23.4 Å². The highest BCUT2D eigenvalue weighted by molar-refractivity contribution is 5.92. The lowest BCUT2D eigenvalue weighted by Crippen LogP contribution is -2.32. The van der Waals surface area contributed by atoms with Crippen LogP contribution >= 0.6 is 0 Å². The van der Waals surface area contributed by atoms with Crippen LogP contribution in [0.1, 0.15) is 17.3 Å². The quantitative estimate of drug-likeness (QED) is 0.587. The number of alkyl halides is 2. The predicted octanol–water partition coefficient (Wildman–Crippen LogP) is 1.51. The largest absolute Gasteiger partial charge is 0.462 e. The number of aliphatic hydroxyl groups is 1. The fraction of sp³-hybridized carbons (Fsp3) is 0.462. The molecule has 0 fully saturated rings. The van der Waals surface area contributed by atoms with Gasteiger partial charge in [-0.25, -0.2) is 13.6 Å². The van der Waals surface area contributed by atoms with E-state index in [4.69, 9.17) is 15.6 Å². The summed E-state index contributed by atoms with van der Waals surface area (Å²) in [5.41, 5.74) is 6.52. The van der Waals surface area contributed by atoms with Crippen molar-refractivity contribution >= 4 is 17.3 Å². The van der Waals surface area contributed by atoms with E-state index in [2.05, 4.69) is 0 Å². The van der Waals surface area contributed by atoms with Gasteiger partial charge in [-0.3, -0.25) is 0 Å². The zero-order chi connectivity index (χ0) is 15.1. The molecule has 0 radical (unpaired) electrons. The average molecular weight is 288 g/mol. The van der Waals surface area contributed by atoms with Gasteiger partial charge in [-0.2, -0.15) is 0 Å². The predicted molar refractivity (Wildman–Crippen MR) is 72.1 cm³/mol. The monoisotopic (exact) mass is 288 g/mol. The summed E-state index contributed by atoms with van der Waals surface area (Å²) in [5, 5.41) is 8.95. The molecule has 5 nitrogen and oxygen atoms in total. The number of rotatable bonds is 7. The van der Waals surface area contributed by atoms with Gasteiger partial charge in [0.2, 0.25) is 0 Å². The molecule has 0 aromatic heterocycles. The standard InChI is InChI=1S/C13H18F2N2O3/c1-2-20-13(19)9-3-4-10(16)11(7-9)17(5-6-18)8-12(14)15/h3-4,7,12,18H,2,5-6,8,16H2,1H3. The van der Waals surface area contributed by atoms with Crippen LogP contribution < -0.4 is 10.6 Å². The molecule has 0 amide bonds. The van der Waals surface area contributed by atoms with Crippen LogP contribution in [0, 0.1) is 0 Å². The lowest BCUT2D eigenvalue weighted by molar-refractivity contribution is 0.0526. The number of esters is 1. The van der Waals surface area contributed by atoms with Crippen LogP contribution in [0.25, 0.3) is 0 Å². The van der Waals surface area contributed by atoms with Crippen LogP contribution in [0.2, 0.25) is 0 Å². The van der Waals surface area contributed by atoms with Crippen LogP contribution in [0.5, 0.6) is 0 Å². The van der Waals surface area contributed by atoms with Gasteiger partial charge >= 0.3 is 5.97 Å². The number of anilines is 2. The third-order valence-electron chi connectivity index (χ3n) is 2.61. The van der Waals surface area contributed by atoms with Crippen LogP contribution in [0.4, 0.5) is 20.2 Å². The maximum absolute atomic E-state index is 12.5. The molecule has 0 spiro atoms. The first-order chi connectivity index (χ1) is 9.49. The summed E-state index contributed by atoms with van der Waals surface area (Å²) in [6, 6.07) is 4.32.